The highest BCUT2D eigenvalue weighted by atomic mass is 35.5. The summed E-state index contributed by atoms with van der Waals surface area (Å²) in [5, 5.41) is 15.3. The minimum absolute atomic E-state index is 0.0450. The molecule has 0 saturated carbocycles. The van der Waals surface area contributed by atoms with E-state index in [1.54, 1.807) is 18.5 Å². The maximum absolute atomic E-state index is 13.6. The van der Waals surface area contributed by atoms with Crippen LogP contribution in [0.4, 0.5) is 10.2 Å². The van der Waals surface area contributed by atoms with Crippen LogP contribution in [0.25, 0.3) is 10.9 Å². The van der Waals surface area contributed by atoms with Gasteiger partial charge in [-0.05, 0) is 48.4 Å². The van der Waals surface area contributed by atoms with Gasteiger partial charge in [0.1, 0.15) is 22.9 Å². The molecule has 0 saturated heterocycles. The zero-order chi connectivity index (χ0) is 19.7. The first-order valence-electron chi connectivity index (χ1n) is 8.73. The van der Waals surface area contributed by atoms with Gasteiger partial charge in [-0.1, -0.05) is 35.9 Å². The number of nitrogens with one attached hydrogen (secondary N) is 1. The van der Waals surface area contributed by atoms with Crippen molar-refractivity contribution in [2.75, 3.05) is 5.32 Å². The summed E-state index contributed by atoms with van der Waals surface area (Å²) in [5.74, 6) is 0.236. The van der Waals surface area contributed by atoms with Crippen molar-refractivity contribution in [2.45, 2.75) is 13.0 Å². The van der Waals surface area contributed by atoms with Crippen molar-refractivity contribution in [3.8, 4) is 5.75 Å². The van der Waals surface area contributed by atoms with Gasteiger partial charge in [0.15, 0.2) is 0 Å². The van der Waals surface area contributed by atoms with E-state index >= 15 is 0 Å². The molecule has 0 amide bonds. The number of aromatic hydroxyl groups is 1. The zero-order valence-electron chi connectivity index (χ0n) is 15.0. The summed E-state index contributed by atoms with van der Waals surface area (Å²) in [6.07, 6.45) is 3.32. The zero-order valence-corrected chi connectivity index (χ0v) is 15.8. The fraction of sp³-hybridized carbons (Fsp3) is 0.0909. The number of aryl methyl sites for hydroxylation is 1. The van der Waals surface area contributed by atoms with E-state index in [1.165, 1.54) is 12.1 Å². The minimum atomic E-state index is -0.547. The molecule has 0 aliphatic carbocycles. The number of anilines is 1. The fourth-order valence-corrected chi connectivity index (χ4v) is 3.48. The smallest absolute Gasteiger partial charge is 0.147 e. The minimum Gasteiger partial charge on any atom is -0.505 e. The van der Waals surface area contributed by atoms with Gasteiger partial charge in [-0.2, -0.15) is 0 Å². The van der Waals surface area contributed by atoms with Gasteiger partial charge < -0.3 is 10.4 Å². The van der Waals surface area contributed by atoms with E-state index in [4.69, 9.17) is 11.6 Å². The molecule has 0 radical (unpaired) electrons. The summed E-state index contributed by atoms with van der Waals surface area (Å²) in [6, 6.07) is 14.8. The van der Waals surface area contributed by atoms with Crippen molar-refractivity contribution in [3.05, 3.63) is 94.5 Å². The van der Waals surface area contributed by atoms with E-state index in [1.807, 2.05) is 43.3 Å². The van der Waals surface area contributed by atoms with Crippen LogP contribution < -0.4 is 5.32 Å². The van der Waals surface area contributed by atoms with Gasteiger partial charge in [-0.15, -0.1) is 0 Å². The molecule has 1 unspecified atom stereocenters. The Morgan fingerprint density at radius 3 is 2.61 bits per heavy atom. The average Bonchev–Trinajstić information content (AvgIpc) is 2.67. The SMILES string of the molecule is Cc1ccnc(NC(c2ccc(F)cc2Cl)c2ccc3cccnc3c2O)c1. The molecule has 2 N–H and O–H groups in total. The standard InChI is InChI=1S/C22H17ClFN3O/c1-13-8-10-25-19(11-13)27-21(16-7-5-15(24)12-18(16)23)17-6-4-14-3-2-9-26-20(14)22(17)28/h2-12,21,28H,1H3,(H,25,27). The number of nitrogens with zero attached hydrogens (tertiary/aromatic N) is 2. The molecule has 4 aromatic rings. The first-order valence-corrected chi connectivity index (χ1v) is 9.11. The van der Waals surface area contributed by atoms with Crippen molar-refractivity contribution < 1.29 is 9.50 Å². The summed E-state index contributed by atoms with van der Waals surface area (Å²) in [6.45, 7) is 1.96. The van der Waals surface area contributed by atoms with Gasteiger partial charge in [-0.3, -0.25) is 4.98 Å². The first kappa shape index (κ1) is 18.2. The third-order valence-electron chi connectivity index (χ3n) is 4.57. The number of benzene rings is 2. The van der Waals surface area contributed by atoms with Crippen LogP contribution in [-0.2, 0) is 0 Å². The van der Waals surface area contributed by atoms with E-state index in [-0.39, 0.29) is 10.8 Å². The molecule has 0 aliphatic rings. The molecule has 140 valence electrons. The highest BCUT2D eigenvalue weighted by molar-refractivity contribution is 6.31. The number of phenolic OH excluding ortho intramolecular Hbond substituents is 1. The summed E-state index contributed by atoms with van der Waals surface area (Å²) in [5.41, 5.74) is 2.72. The highest BCUT2D eigenvalue weighted by Gasteiger charge is 2.22. The second-order valence-corrected chi connectivity index (χ2v) is 6.95. The number of fused-ring (bicyclic) bond motifs is 1. The van der Waals surface area contributed by atoms with Gasteiger partial charge in [0.25, 0.3) is 0 Å². The van der Waals surface area contributed by atoms with Gasteiger partial charge in [0.2, 0.25) is 0 Å². The Balaban J connectivity index is 1.88. The molecule has 2 heterocycles. The van der Waals surface area contributed by atoms with Crippen molar-refractivity contribution in [1.29, 1.82) is 0 Å². The fourth-order valence-electron chi connectivity index (χ4n) is 3.20. The van der Waals surface area contributed by atoms with Crippen LogP contribution in [-0.4, -0.2) is 15.1 Å². The molecule has 6 heteroatoms. The molecule has 1 atom stereocenters. The predicted octanol–water partition coefficient (Wildman–Crippen LogP) is 5.64. The third kappa shape index (κ3) is 3.49. The lowest BCUT2D eigenvalue weighted by Gasteiger charge is -2.23. The Hall–Kier alpha value is -3.18. The van der Waals surface area contributed by atoms with Crippen LogP contribution in [0.1, 0.15) is 22.7 Å². The molecule has 0 aliphatic heterocycles. The van der Waals surface area contributed by atoms with Crippen LogP contribution in [0.3, 0.4) is 0 Å². The van der Waals surface area contributed by atoms with E-state index in [0.717, 1.165) is 10.9 Å². The van der Waals surface area contributed by atoms with Gasteiger partial charge >= 0.3 is 0 Å². The maximum atomic E-state index is 13.6. The van der Waals surface area contributed by atoms with Gasteiger partial charge in [0.05, 0.1) is 6.04 Å². The molecule has 4 rings (SSSR count). The van der Waals surface area contributed by atoms with Crippen LogP contribution in [0.5, 0.6) is 5.75 Å². The topological polar surface area (TPSA) is 58.0 Å². The van der Waals surface area contributed by atoms with Gasteiger partial charge in [-0.25, -0.2) is 9.37 Å². The Labute approximate surface area is 166 Å². The molecule has 28 heavy (non-hydrogen) atoms. The van der Waals surface area contributed by atoms with E-state index < -0.39 is 11.9 Å². The predicted molar refractivity (Wildman–Crippen MR) is 109 cm³/mol. The molecule has 4 nitrogen and oxygen atoms in total. The van der Waals surface area contributed by atoms with Crippen molar-refractivity contribution >= 4 is 28.3 Å². The number of halogens is 2. The summed E-state index contributed by atoms with van der Waals surface area (Å²) < 4.78 is 13.6. The largest absolute Gasteiger partial charge is 0.505 e. The third-order valence-corrected chi connectivity index (χ3v) is 4.90. The maximum Gasteiger partial charge on any atom is 0.147 e. The molecule has 0 spiro atoms. The normalized spacial score (nSPS) is 12.1. The highest BCUT2D eigenvalue weighted by Crippen LogP contribution is 2.38. The van der Waals surface area contributed by atoms with E-state index in [2.05, 4.69) is 15.3 Å². The van der Waals surface area contributed by atoms with Crippen LogP contribution >= 0.6 is 11.6 Å². The second-order valence-electron chi connectivity index (χ2n) is 6.54. The molecule has 2 aromatic heterocycles. The van der Waals surface area contributed by atoms with Crippen LogP contribution in [0, 0.1) is 12.7 Å². The number of rotatable bonds is 4. The van der Waals surface area contributed by atoms with Gasteiger partial charge in [0, 0.05) is 28.4 Å². The first-order chi connectivity index (χ1) is 13.5. The number of phenols is 1. The molecule has 2 aromatic carbocycles. The van der Waals surface area contributed by atoms with Crippen molar-refractivity contribution in [1.82, 2.24) is 9.97 Å². The number of hydrogen-bond acceptors (Lipinski definition) is 4. The number of pyridine rings is 2. The van der Waals surface area contributed by atoms with Crippen molar-refractivity contribution in [3.63, 3.8) is 0 Å². The molecular weight excluding hydrogens is 377 g/mol. The Morgan fingerprint density at radius 1 is 1.00 bits per heavy atom. The summed E-state index contributed by atoms with van der Waals surface area (Å²) in [4.78, 5) is 8.63. The Bertz CT molecular complexity index is 1170. The quantitative estimate of drug-likeness (QED) is 0.471. The van der Waals surface area contributed by atoms with Crippen LogP contribution in [0.2, 0.25) is 5.02 Å². The van der Waals surface area contributed by atoms with E-state index in [0.29, 0.717) is 22.5 Å². The monoisotopic (exact) mass is 393 g/mol. The lowest BCUT2D eigenvalue weighted by molar-refractivity contribution is 0.471. The summed E-state index contributed by atoms with van der Waals surface area (Å²) >= 11 is 6.34. The lowest BCUT2D eigenvalue weighted by Crippen LogP contribution is -2.14. The molecule has 0 bridgehead atoms. The van der Waals surface area contributed by atoms with E-state index in [9.17, 15) is 9.50 Å². The number of hydrogen-bond donors (Lipinski definition) is 2. The Morgan fingerprint density at radius 2 is 1.82 bits per heavy atom. The lowest BCUT2D eigenvalue weighted by atomic mass is 9.96. The number of aromatic nitrogens is 2. The molecule has 0 fully saturated rings. The second kappa shape index (κ2) is 7.44. The van der Waals surface area contributed by atoms with Crippen LogP contribution in [0.15, 0.2) is 67.0 Å². The summed E-state index contributed by atoms with van der Waals surface area (Å²) in [7, 11) is 0. The van der Waals surface area contributed by atoms with Crippen molar-refractivity contribution in [2.24, 2.45) is 0 Å². The Kier molecular flexibility index (Phi) is 4.84. The molecular formula is C22H17ClFN3O. The average molecular weight is 394 g/mol.